The molecule has 0 saturated carbocycles. The molecule has 0 N–H and O–H groups in total. The lowest BCUT2D eigenvalue weighted by atomic mass is 10.2. The van der Waals surface area contributed by atoms with Crippen LogP contribution in [0.2, 0.25) is 0 Å². The first-order valence-electron chi connectivity index (χ1n) is 2.21. The molecule has 0 spiro atoms. The van der Waals surface area contributed by atoms with Crippen LogP contribution in [0.25, 0.3) is 0 Å². The SMILES string of the molecule is O=C(Cl)C(CCl)C(F)(F)F. The molecule has 1 nitrogen and oxygen atoms in total. The Balaban J connectivity index is 4.22. The molecule has 0 saturated heterocycles. The number of carbonyl (C=O) groups is 1. The van der Waals surface area contributed by atoms with Gasteiger partial charge >= 0.3 is 6.18 Å². The largest absolute Gasteiger partial charge is 0.401 e. The van der Waals surface area contributed by atoms with E-state index in [-0.39, 0.29) is 0 Å². The third-order valence-corrected chi connectivity index (χ3v) is 1.40. The van der Waals surface area contributed by atoms with Crippen LogP contribution in [0.1, 0.15) is 0 Å². The fraction of sp³-hybridized carbons (Fsp3) is 0.750. The van der Waals surface area contributed by atoms with Crippen LogP contribution in [0.15, 0.2) is 0 Å². The zero-order valence-corrected chi connectivity index (χ0v) is 6.09. The molecule has 60 valence electrons. The number of rotatable bonds is 2. The van der Waals surface area contributed by atoms with Gasteiger partial charge in [-0.15, -0.1) is 11.6 Å². The predicted molar refractivity (Wildman–Crippen MR) is 31.1 cm³/mol. The zero-order valence-electron chi connectivity index (χ0n) is 4.58. The first kappa shape index (κ1) is 10.0. The zero-order chi connectivity index (χ0) is 8.36. The molecule has 0 aromatic heterocycles. The second kappa shape index (κ2) is 3.44. The Kier molecular flexibility index (Phi) is 3.45. The van der Waals surface area contributed by atoms with E-state index in [1.54, 1.807) is 0 Å². The van der Waals surface area contributed by atoms with Gasteiger partial charge in [0.25, 0.3) is 0 Å². The smallest absolute Gasteiger partial charge is 0.281 e. The van der Waals surface area contributed by atoms with Crippen molar-refractivity contribution in [3.05, 3.63) is 0 Å². The van der Waals surface area contributed by atoms with E-state index >= 15 is 0 Å². The fourth-order valence-corrected chi connectivity index (χ4v) is 0.872. The molecule has 1 unspecified atom stereocenters. The molecule has 0 fully saturated rings. The van der Waals surface area contributed by atoms with Gasteiger partial charge in [-0.25, -0.2) is 0 Å². The first-order valence-corrected chi connectivity index (χ1v) is 3.13. The predicted octanol–water partition coefficient (Wildman–Crippen LogP) is 2.17. The highest BCUT2D eigenvalue weighted by Crippen LogP contribution is 2.28. The molecule has 0 aliphatic carbocycles. The van der Waals surface area contributed by atoms with Gasteiger partial charge in [-0.1, -0.05) is 0 Å². The molecule has 0 rings (SSSR count). The lowest BCUT2D eigenvalue weighted by molar-refractivity contribution is -0.171. The van der Waals surface area contributed by atoms with E-state index in [9.17, 15) is 18.0 Å². The minimum Gasteiger partial charge on any atom is -0.281 e. The van der Waals surface area contributed by atoms with Crippen molar-refractivity contribution in [1.82, 2.24) is 0 Å². The third kappa shape index (κ3) is 2.75. The summed E-state index contributed by atoms with van der Waals surface area (Å²) in [6.45, 7) is 0. The summed E-state index contributed by atoms with van der Waals surface area (Å²) in [5.74, 6) is -3.07. The Morgan fingerprint density at radius 3 is 1.90 bits per heavy atom. The van der Waals surface area contributed by atoms with E-state index in [0.29, 0.717) is 0 Å². The minimum absolute atomic E-state index is 0.828. The Hall–Kier alpha value is 0.0400. The van der Waals surface area contributed by atoms with Crippen LogP contribution in [0.3, 0.4) is 0 Å². The molecular weight excluding hydrogens is 192 g/mol. The maximum absolute atomic E-state index is 11.6. The van der Waals surface area contributed by atoms with Crippen LogP contribution in [0.5, 0.6) is 0 Å². The molecule has 1 atom stereocenters. The third-order valence-electron chi connectivity index (χ3n) is 0.823. The Morgan fingerprint density at radius 2 is 1.90 bits per heavy atom. The Labute approximate surface area is 65.1 Å². The van der Waals surface area contributed by atoms with Crippen molar-refractivity contribution in [2.75, 3.05) is 5.88 Å². The first-order chi connectivity index (χ1) is 4.39. The summed E-state index contributed by atoms with van der Waals surface area (Å²) in [5, 5.41) is -1.47. The van der Waals surface area contributed by atoms with Crippen LogP contribution in [-0.4, -0.2) is 17.3 Å². The molecule has 0 amide bonds. The monoisotopic (exact) mass is 194 g/mol. The topological polar surface area (TPSA) is 17.1 Å². The average molecular weight is 195 g/mol. The van der Waals surface area contributed by atoms with Crippen LogP contribution in [-0.2, 0) is 4.79 Å². The molecule has 10 heavy (non-hydrogen) atoms. The van der Waals surface area contributed by atoms with Gasteiger partial charge in [0.05, 0.1) is 0 Å². The molecule has 6 heteroatoms. The maximum atomic E-state index is 11.6. The molecular formula is C4H3Cl2F3O. The van der Waals surface area contributed by atoms with Crippen molar-refractivity contribution >= 4 is 28.4 Å². The molecule has 0 aliphatic rings. The lowest BCUT2D eigenvalue weighted by Crippen LogP contribution is -2.29. The summed E-state index contributed by atoms with van der Waals surface area (Å²) in [6.07, 6.45) is -4.62. The van der Waals surface area contributed by atoms with Gasteiger partial charge in [-0.05, 0) is 11.6 Å². The van der Waals surface area contributed by atoms with Gasteiger partial charge in [0, 0.05) is 5.88 Å². The van der Waals surface area contributed by atoms with Gasteiger partial charge < -0.3 is 0 Å². The summed E-state index contributed by atoms with van der Waals surface area (Å²) in [4.78, 5) is 9.98. The second-order valence-electron chi connectivity index (χ2n) is 1.55. The number of hydrogen-bond acceptors (Lipinski definition) is 1. The Bertz CT molecular complexity index is 133. The quantitative estimate of drug-likeness (QED) is 0.487. The minimum atomic E-state index is -4.62. The number of hydrogen-bond donors (Lipinski definition) is 0. The maximum Gasteiger partial charge on any atom is 0.401 e. The van der Waals surface area contributed by atoms with E-state index in [4.69, 9.17) is 11.6 Å². The van der Waals surface area contributed by atoms with E-state index in [0.717, 1.165) is 0 Å². The van der Waals surface area contributed by atoms with Crippen molar-refractivity contribution in [2.45, 2.75) is 6.18 Å². The summed E-state index contributed by atoms with van der Waals surface area (Å²) < 4.78 is 34.7. The standard InChI is InChI=1S/C4H3Cl2F3O/c5-1-2(3(6)10)4(7,8)9/h2H,1H2. The van der Waals surface area contributed by atoms with Crippen LogP contribution in [0, 0.1) is 5.92 Å². The highest BCUT2D eigenvalue weighted by atomic mass is 35.5. The van der Waals surface area contributed by atoms with E-state index in [1.807, 2.05) is 0 Å². The molecule has 0 aromatic carbocycles. The molecule has 0 aromatic rings. The number of alkyl halides is 4. The van der Waals surface area contributed by atoms with Crippen molar-refractivity contribution in [3.63, 3.8) is 0 Å². The number of carbonyl (C=O) groups excluding carboxylic acids is 1. The molecule has 0 heterocycles. The van der Waals surface area contributed by atoms with Crippen molar-refractivity contribution in [1.29, 1.82) is 0 Å². The molecule has 0 bridgehead atoms. The summed E-state index contributed by atoms with van der Waals surface area (Å²) in [6, 6.07) is 0. The van der Waals surface area contributed by atoms with Crippen LogP contribution < -0.4 is 0 Å². The molecule has 0 radical (unpaired) electrons. The molecule has 0 aliphatic heterocycles. The van der Waals surface area contributed by atoms with E-state index in [1.165, 1.54) is 0 Å². The van der Waals surface area contributed by atoms with Crippen LogP contribution >= 0.6 is 23.2 Å². The fourth-order valence-electron chi connectivity index (χ4n) is 0.277. The summed E-state index contributed by atoms with van der Waals surface area (Å²) in [5.41, 5.74) is 0. The average Bonchev–Trinajstić information content (AvgIpc) is 1.60. The van der Waals surface area contributed by atoms with Crippen LogP contribution in [0.4, 0.5) is 13.2 Å². The summed E-state index contributed by atoms with van der Waals surface area (Å²) >= 11 is 9.41. The number of halogens is 5. The van der Waals surface area contributed by atoms with E-state index < -0.39 is 23.2 Å². The Morgan fingerprint density at radius 1 is 1.50 bits per heavy atom. The van der Waals surface area contributed by atoms with Crippen molar-refractivity contribution in [3.8, 4) is 0 Å². The van der Waals surface area contributed by atoms with E-state index in [2.05, 4.69) is 11.6 Å². The van der Waals surface area contributed by atoms with Crippen molar-refractivity contribution in [2.24, 2.45) is 5.92 Å². The lowest BCUT2D eigenvalue weighted by Gasteiger charge is -2.11. The summed E-state index contributed by atoms with van der Waals surface area (Å²) in [7, 11) is 0. The van der Waals surface area contributed by atoms with Gasteiger partial charge in [-0.2, -0.15) is 13.2 Å². The van der Waals surface area contributed by atoms with Gasteiger partial charge in [0.1, 0.15) is 5.92 Å². The normalized spacial score (nSPS) is 14.9. The second-order valence-corrected chi connectivity index (χ2v) is 2.23. The highest BCUT2D eigenvalue weighted by molar-refractivity contribution is 6.64. The van der Waals surface area contributed by atoms with Gasteiger partial charge in [0.15, 0.2) is 0 Å². The van der Waals surface area contributed by atoms with Gasteiger partial charge in [0.2, 0.25) is 5.24 Å². The highest BCUT2D eigenvalue weighted by Gasteiger charge is 2.43. The van der Waals surface area contributed by atoms with Crippen molar-refractivity contribution < 1.29 is 18.0 Å². The van der Waals surface area contributed by atoms with Gasteiger partial charge in [-0.3, -0.25) is 4.79 Å².